The van der Waals surface area contributed by atoms with E-state index in [-0.39, 0.29) is 12.6 Å². The fourth-order valence-electron chi connectivity index (χ4n) is 1.45. The molecule has 0 amide bonds. The Labute approximate surface area is 106 Å². The second kappa shape index (κ2) is 7.42. The standard InChI is InChI=1S/C11H18ClN3O2/c1-8(4-3-5-16)13-10-6-9(12)14-11(15-10)7-17-2/h6,8,16H,3-5,7H2,1-2H3,(H,13,14,15). The molecule has 0 spiro atoms. The van der Waals surface area contributed by atoms with E-state index >= 15 is 0 Å². The summed E-state index contributed by atoms with van der Waals surface area (Å²) < 4.78 is 4.96. The molecule has 5 nitrogen and oxygen atoms in total. The third-order valence-electron chi connectivity index (χ3n) is 2.20. The number of hydrogen-bond acceptors (Lipinski definition) is 5. The number of methoxy groups -OCH3 is 1. The maximum absolute atomic E-state index is 8.75. The van der Waals surface area contributed by atoms with Crippen LogP contribution in [-0.4, -0.2) is 34.8 Å². The Morgan fingerprint density at radius 3 is 2.94 bits per heavy atom. The maximum atomic E-state index is 8.75. The minimum absolute atomic E-state index is 0.200. The number of rotatable bonds is 7. The van der Waals surface area contributed by atoms with Gasteiger partial charge in [-0.1, -0.05) is 11.6 Å². The van der Waals surface area contributed by atoms with Gasteiger partial charge in [-0.2, -0.15) is 0 Å². The highest BCUT2D eigenvalue weighted by molar-refractivity contribution is 6.29. The Bertz CT molecular complexity index is 349. The quantitative estimate of drug-likeness (QED) is 0.732. The molecule has 1 heterocycles. The van der Waals surface area contributed by atoms with E-state index in [9.17, 15) is 0 Å². The van der Waals surface area contributed by atoms with Gasteiger partial charge in [-0.3, -0.25) is 0 Å². The number of hydrogen-bond donors (Lipinski definition) is 2. The van der Waals surface area contributed by atoms with Crippen LogP contribution in [0.4, 0.5) is 5.82 Å². The average Bonchev–Trinajstić information content (AvgIpc) is 2.26. The molecule has 0 aliphatic carbocycles. The highest BCUT2D eigenvalue weighted by atomic mass is 35.5. The normalized spacial score (nSPS) is 12.5. The zero-order chi connectivity index (χ0) is 12.7. The molecule has 0 aromatic carbocycles. The Balaban J connectivity index is 2.63. The van der Waals surface area contributed by atoms with Gasteiger partial charge in [-0.05, 0) is 19.8 Å². The van der Waals surface area contributed by atoms with Crippen molar-refractivity contribution in [3.8, 4) is 0 Å². The van der Waals surface area contributed by atoms with Gasteiger partial charge < -0.3 is 15.2 Å². The van der Waals surface area contributed by atoms with E-state index in [1.807, 2.05) is 6.92 Å². The van der Waals surface area contributed by atoms with Gasteiger partial charge in [0.1, 0.15) is 17.6 Å². The summed E-state index contributed by atoms with van der Waals surface area (Å²) in [5.41, 5.74) is 0. The molecule has 1 rings (SSSR count). The van der Waals surface area contributed by atoms with Crippen LogP contribution < -0.4 is 5.32 Å². The van der Waals surface area contributed by atoms with E-state index in [1.165, 1.54) is 0 Å². The topological polar surface area (TPSA) is 67.3 Å². The molecule has 6 heteroatoms. The molecule has 1 atom stereocenters. The molecule has 2 N–H and O–H groups in total. The highest BCUT2D eigenvalue weighted by Crippen LogP contribution is 2.14. The fourth-order valence-corrected chi connectivity index (χ4v) is 1.66. The van der Waals surface area contributed by atoms with Gasteiger partial charge in [0.15, 0.2) is 5.82 Å². The van der Waals surface area contributed by atoms with Crippen LogP contribution in [0.15, 0.2) is 6.07 Å². The van der Waals surface area contributed by atoms with Crippen LogP contribution in [-0.2, 0) is 11.3 Å². The summed E-state index contributed by atoms with van der Waals surface area (Å²) in [4.78, 5) is 8.32. The minimum atomic E-state index is 0.200. The van der Waals surface area contributed by atoms with Gasteiger partial charge in [-0.15, -0.1) is 0 Å². The largest absolute Gasteiger partial charge is 0.396 e. The zero-order valence-electron chi connectivity index (χ0n) is 10.1. The van der Waals surface area contributed by atoms with E-state index in [2.05, 4.69) is 15.3 Å². The van der Waals surface area contributed by atoms with Crippen LogP contribution in [0.3, 0.4) is 0 Å². The molecule has 0 bridgehead atoms. The third-order valence-corrected chi connectivity index (χ3v) is 2.40. The maximum Gasteiger partial charge on any atom is 0.158 e. The monoisotopic (exact) mass is 259 g/mol. The zero-order valence-corrected chi connectivity index (χ0v) is 10.9. The highest BCUT2D eigenvalue weighted by Gasteiger charge is 2.06. The van der Waals surface area contributed by atoms with E-state index in [1.54, 1.807) is 13.2 Å². The number of anilines is 1. The average molecular weight is 260 g/mol. The van der Waals surface area contributed by atoms with Crippen molar-refractivity contribution < 1.29 is 9.84 Å². The summed E-state index contributed by atoms with van der Waals surface area (Å²) in [6.07, 6.45) is 1.63. The van der Waals surface area contributed by atoms with Crippen molar-refractivity contribution in [1.82, 2.24) is 9.97 Å². The molecular formula is C11H18ClN3O2. The van der Waals surface area contributed by atoms with Crippen LogP contribution >= 0.6 is 11.6 Å². The van der Waals surface area contributed by atoms with Crippen molar-refractivity contribution in [3.63, 3.8) is 0 Å². The molecule has 0 aliphatic rings. The van der Waals surface area contributed by atoms with Crippen LogP contribution in [0.25, 0.3) is 0 Å². The Kier molecular flexibility index (Phi) is 6.18. The van der Waals surface area contributed by atoms with E-state index < -0.39 is 0 Å². The first kappa shape index (κ1) is 14.2. The number of aromatic nitrogens is 2. The first-order valence-corrected chi connectivity index (χ1v) is 5.93. The predicted octanol–water partition coefficient (Wildman–Crippen LogP) is 1.85. The van der Waals surface area contributed by atoms with Crippen molar-refractivity contribution in [2.75, 3.05) is 19.0 Å². The van der Waals surface area contributed by atoms with Gasteiger partial charge in [0.25, 0.3) is 0 Å². The lowest BCUT2D eigenvalue weighted by molar-refractivity contribution is 0.178. The summed E-state index contributed by atoms with van der Waals surface area (Å²) in [5, 5.41) is 12.4. The van der Waals surface area contributed by atoms with Crippen LogP contribution in [0.1, 0.15) is 25.6 Å². The molecule has 0 radical (unpaired) electrons. The summed E-state index contributed by atoms with van der Waals surface area (Å²) in [6, 6.07) is 1.90. The summed E-state index contributed by atoms with van der Waals surface area (Å²) in [7, 11) is 1.58. The summed E-state index contributed by atoms with van der Waals surface area (Å²) in [6.45, 7) is 2.56. The first-order valence-electron chi connectivity index (χ1n) is 5.55. The fraction of sp³-hybridized carbons (Fsp3) is 0.636. The number of ether oxygens (including phenoxy) is 1. The molecule has 0 saturated heterocycles. The SMILES string of the molecule is COCc1nc(Cl)cc(NC(C)CCCO)n1. The van der Waals surface area contributed by atoms with Gasteiger partial charge in [0.05, 0.1) is 0 Å². The van der Waals surface area contributed by atoms with Crippen LogP contribution in [0.2, 0.25) is 5.15 Å². The van der Waals surface area contributed by atoms with Gasteiger partial charge in [0.2, 0.25) is 0 Å². The predicted molar refractivity (Wildman–Crippen MR) is 67.2 cm³/mol. The van der Waals surface area contributed by atoms with Crippen LogP contribution in [0.5, 0.6) is 0 Å². The smallest absolute Gasteiger partial charge is 0.158 e. The molecule has 1 aromatic rings. The lowest BCUT2D eigenvalue weighted by atomic mass is 10.2. The number of nitrogens with one attached hydrogen (secondary N) is 1. The summed E-state index contributed by atoms with van der Waals surface area (Å²) in [5.74, 6) is 1.24. The van der Waals surface area contributed by atoms with E-state index in [4.69, 9.17) is 21.4 Å². The molecule has 0 fully saturated rings. The second-order valence-corrected chi connectivity index (χ2v) is 4.22. The van der Waals surface area contributed by atoms with Gasteiger partial charge in [-0.25, -0.2) is 9.97 Å². The number of halogens is 1. The molecule has 96 valence electrons. The number of aliphatic hydroxyl groups excluding tert-OH is 1. The van der Waals surface area contributed by atoms with Gasteiger partial charge in [0, 0.05) is 25.8 Å². The lowest BCUT2D eigenvalue weighted by Crippen LogP contribution is -2.17. The van der Waals surface area contributed by atoms with Crippen molar-refractivity contribution >= 4 is 17.4 Å². The lowest BCUT2D eigenvalue weighted by Gasteiger charge is -2.14. The second-order valence-electron chi connectivity index (χ2n) is 3.84. The van der Waals surface area contributed by atoms with Gasteiger partial charge >= 0.3 is 0 Å². The molecule has 0 aliphatic heterocycles. The van der Waals surface area contributed by atoms with Crippen molar-refractivity contribution in [2.45, 2.75) is 32.4 Å². The number of nitrogens with zero attached hydrogens (tertiary/aromatic N) is 2. The summed E-state index contributed by atoms with van der Waals surface area (Å²) >= 11 is 5.89. The van der Waals surface area contributed by atoms with E-state index in [0.29, 0.717) is 23.4 Å². The molecular weight excluding hydrogens is 242 g/mol. The van der Waals surface area contributed by atoms with Crippen LogP contribution in [0, 0.1) is 0 Å². The Hall–Kier alpha value is -0.910. The third kappa shape index (κ3) is 5.30. The first-order chi connectivity index (χ1) is 8.15. The van der Waals surface area contributed by atoms with Crippen molar-refractivity contribution in [2.24, 2.45) is 0 Å². The van der Waals surface area contributed by atoms with E-state index in [0.717, 1.165) is 12.8 Å². The molecule has 17 heavy (non-hydrogen) atoms. The Morgan fingerprint density at radius 2 is 2.29 bits per heavy atom. The van der Waals surface area contributed by atoms with Crippen molar-refractivity contribution in [3.05, 3.63) is 17.0 Å². The Morgan fingerprint density at radius 1 is 1.53 bits per heavy atom. The molecule has 1 aromatic heterocycles. The molecule has 1 unspecified atom stereocenters. The van der Waals surface area contributed by atoms with Crippen molar-refractivity contribution in [1.29, 1.82) is 0 Å². The molecule has 0 saturated carbocycles. The number of aliphatic hydroxyl groups is 1. The minimum Gasteiger partial charge on any atom is -0.396 e.